The van der Waals surface area contributed by atoms with Crippen molar-refractivity contribution in [2.75, 3.05) is 24.5 Å². The molecular formula is C25H30N4O2S. The molecule has 1 aliphatic rings. The Hall–Kier alpha value is -2.77. The van der Waals surface area contributed by atoms with Gasteiger partial charge in [0.15, 0.2) is 0 Å². The predicted molar refractivity (Wildman–Crippen MR) is 128 cm³/mol. The van der Waals surface area contributed by atoms with E-state index in [1.54, 1.807) is 0 Å². The molecule has 0 aliphatic carbocycles. The minimum Gasteiger partial charge on any atom is -0.372 e. The Kier molecular flexibility index (Phi) is 7.17. The zero-order chi connectivity index (χ0) is 22.5. The van der Waals surface area contributed by atoms with Gasteiger partial charge in [-0.3, -0.25) is 4.79 Å². The maximum absolute atomic E-state index is 13.2. The molecule has 7 heteroatoms. The number of ether oxygens (including phenoxy) is 1. The smallest absolute Gasteiger partial charge is 0.242 e. The fourth-order valence-corrected chi connectivity index (χ4v) is 4.66. The lowest BCUT2D eigenvalue weighted by atomic mass is 10.1. The van der Waals surface area contributed by atoms with Crippen LogP contribution in [0.5, 0.6) is 0 Å². The molecule has 2 aromatic carbocycles. The van der Waals surface area contributed by atoms with Gasteiger partial charge in [-0.1, -0.05) is 60.2 Å². The molecule has 0 N–H and O–H groups in total. The largest absolute Gasteiger partial charge is 0.372 e. The molecule has 32 heavy (non-hydrogen) atoms. The molecule has 1 aromatic heterocycles. The number of rotatable bonds is 7. The van der Waals surface area contributed by atoms with Crippen LogP contribution >= 0.6 is 11.5 Å². The van der Waals surface area contributed by atoms with Crippen LogP contribution in [-0.2, 0) is 22.5 Å². The Morgan fingerprint density at radius 1 is 1.06 bits per heavy atom. The van der Waals surface area contributed by atoms with Crippen LogP contribution in [0.2, 0.25) is 0 Å². The Bertz CT molecular complexity index is 1010. The number of aromatic nitrogens is 2. The summed E-state index contributed by atoms with van der Waals surface area (Å²) in [7, 11) is 0. The number of carbonyl (C=O) groups is 1. The normalized spacial score (nSPS) is 18.5. The summed E-state index contributed by atoms with van der Waals surface area (Å²) in [5.74, 6) is 0.881. The monoisotopic (exact) mass is 450 g/mol. The molecular weight excluding hydrogens is 420 g/mol. The van der Waals surface area contributed by atoms with E-state index in [1.165, 1.54) is 22.7 Å². The third-order valence-corrected chi connectivity index (χ3v) is 6.34. The van der Waals surface area contributed by atoms with E-state index in [9.17, 15) is 4.79 Å². The van der Waals surface area contributed by atoms with Crippen molar-refractivity contribution in [1.82, 2.24) is 14.3 Å². The molecule has 2 unspecified atom stereocenters. The van der Waals surface area contributed by atoms with Crippen LogP contribution in [0.15, 0.2) is 54.6 Å². The van der Waals surface area contributed by atoms with E-state index in [0.717, 1.165) is 16.5 Å². The molecule has 0 spiro atoms. The standard InChI is InChI=1S/C25H30N4O2S/c1-18-9-11-21(12-10-18)13-23-26-25(32-27-23)29(16-22-7-5-4-6-8-22)17-24(30)28-14-19(2)31-20(3)15-28/h4-12,19-20H,13-17H2,1-3H3. The summed E-state index contributed by atoms with van der Waals surface area (Å²) >= 11 is 1.36. The summed E-state index contributed by atoms with van der Waals surface area (Å²) in [6, 6.07) is 18.6. The highest BCUT2D eigenvalue weighted by Crippen LogP contribution is 2.22. The molecule has 0 bridgehead atoms. The van der Waals surface area contributed by atoms with E-state index in [2.05, 4.69) is 47.7 Å². The molecule has 0 saturated carbocycles. The molecule has 4 rings (SSSR count). The number of benzene rings is 2. The average Bonchev–Trinajstić information content (AvgIpc) is 3.23. The Labute approximate surface area is 194 Å². The summed E-state index contributed by atoms with van der Waals surface area (Å²) in [5, 5.41) is 0.777. The minimum atomic E-state index is 0.0490. The molecule has 3 aromatic rings. The SMILES string of the molecule is Cc1ccc(Cc2nsc(N(CC(=O)N3CC(C)OC(C)C3)Cc3ccccc3)n2)cc1. The second-order valence-electron chi connectivity index (χ2n) is 8.55. The minimum absolute atomic E-state index is 0.0490. The number of hydrogen-bond acceptors (Lipinski definition) is 6. The lowest BCUT2D eigenvalue weighted by molar-refractivity contribution is -0.141. The molecule has 1 saturated heterocycles. The molecule has 0 radical (unpaired) electrons. The second kappa shape index (κ2) is 10.2. The Balaban J connectivity index is 1.51. The first-order chi connectivity index (χ1) is 15.5. The van der Waals surface area contributed by atoms with Crippen molar-refractivity contribution in [1.29, 1.82) is 0 Å². The fraction of sp³-hybridized carbons (Fsp3) is 0.400. The summed E-state index contributed by atoms with van der Waals surface area (Å²) in [6.07, 6.45) is 0.781. The van der Waals surface area contributed by atoms with Gasteiger partial charge < -0.3 is 14.5 Å². The number of amides is 1. The fourth-order valence-electron chi connectivity index (χ4n) is 3.97. The van der Waals surface area contributed by atoms with E-state index in [0.29, 0.717) is 26.1 Å². The van der Waals surface area contributed by atoms with Gasteiger partial charge in [0.25, 0.3) is 0 Å². The molecule has 168 valence electrons. The number of nitrogens with zero attached hydrogens (tertiary/aromatic N) is 4. The van der Waals surface area contributed by atoms with Gasteiger partial charge in [-0.15, -0.1) is 0 Å². The molecule has 1 fully saturated rings. The number of aryl methyl sites for hydroxylation is 1. The van der Waals surface area contributed by atoms with E-state index in [4.69, 9.17) is 9.72 Å². The van der Waals surface area contributed by atoms with Gasteiger partial charge in [-0.2, -0.15) is 4.37 Å². The molecule has 1 amide bonds. The Morgan fingerprint density at radius 3 is 2.44 bits per heavy atom. The third kappa shape index (κ3) is 5.93. The summed E-state index contributed by atoms with van der Waals surface area (Å²) < 4.78 is 10.4. The molecule has 6 nitrogen and oxygen atoms in total. The maximum Gasteiger partial charge on any atom is 0.242 e. The van der Waals surface area contributed by atoms with Crippen molar-refractivity contribution >= 4 is 22.6 Å². The van der Waals surface area contributed by atoms with Crippen LogP contribution in [0.25, 0.3) is 0 Å². The quantitative estimate of drug-likeness (QED) is 0.543. The van der Waals surface area contributed by atoms with E-state index in [-0.39, 0.29) is 24.7 Å². The Morgan fingerprint density at radius 2 is 1.75 bits per heavy atom. The number of hydrogen-bond donors (Lipinski definition) is 0. The first-order valence-electron chi connectivity index (χ1n) is 11.1. The van der Waals surface area contributed by atoms with Crippen LogP contribution < -0.4 is 4.90 Å². The molecule has 2 heterocycles. The zero-order valence-electron chi connectivity index (χ0n) is 18.9. The van der Waals surface area contributed by atoms with Gasteiger partial charge in [0, 0.05) is 37.6 Å². The van der Waals surface area contributed by atoms with Crippen molar-refractivity contribution in [2.45, 2.75) is 45.9 Å². The van der Waals surface area contributed by atoms with Crippen LogP contribution in [0.3, 0.4) is 0 Å². The van der Waals surface area contributed by atoms with E-state index in [1.807, 2.05) is 41.8 Å². The zero-order valence-corrected chi connectivity index (χ0v) is 19.7. The molecule has 2 atom stereocenters. The number of morpholine rings is 1. The predicted octanol–water partition coefficient (Wildman–Crippen LogP) is 4.08. The topological polar surface area (TPSA) is 58.6 Å². The van der Waals surface area contributed by atoms with Gasteiger partial charge in [0.1, 0.15) is 5.82 Å². The highest BCUT2D eigenvalue weighted by atomic mass is 32.1. The van der Waals surface area contributed by atoms with Crippen LogP contribution in [0.1, 0.15) is 36.4 Å². The van der Waals surface area contributed by atoms with Gasteiger partial charge in [-0.25, -0.2) is 4.98 Å². The summed E-state index contributed by atoms with van der Waals surface area (Å²) in [5.41, 5.74) is 3.56. The van der Waals surface area contributed by atoms with Crippen molar-refractivity contribution in [3.63, 3.8) is 0 Å². The van der Waals surface area contributed by atoms with Crippen molar-refractivity contribution in [3.05, 3.63) is 77.1 Å². The van der Waals surface area contributed by atoms with Gasteiger partial charge in [-0.05, 0) is 31.9 Å². The summed E-state index contributed by atoms with van der Waals surface area (Å²) in [6.45, 7) is 8.24. The third-order valence-electron chi connectivity index (χ3n) is 5.53. The van der Waals surface area contributed by atoms with Crippen LogP contribution in [0, 0.1) is 6.92 Å². The first-order valence-corrected chi connectivity index (χ1v) is 11.8. The van der Waals surface area contributed by atoms with Crippen molar-refractivity contribution in [3.8, 4) is 0 Å². The number of carbonyl (C=O) groups excluding carboxylic acids is 1. The van der Waals surface area contributed by atoms with Gasteiger partial charge in [0.2, 0.25) is 11.0 Å². The second-order valence-corrected chi connectivity index (χ2v) is 9.28. The molecule has 1 aliphatic heterocycles. The van der Waals surface area contributed by atoms with E-state index < -0.39 is 0 Å². The maximum atomic E-state index is 13.2. The summed E-state index contributed by atoms with van der Waals surface area (Å²) in [4.78, 5) is 21.9. The van der Waals surface area contributed by atoms with E-state index >= 15 is 0 Å². The van der Waals surface area contributed by atoms with Crippen LogP contribution in [-0.4, -0.2) is 52.0 Å². The highest BCUT2D eigenvalue weighted by molar-refractivity contribution is 7.09. The van der Waals surface area contributed by atoms with Gasteiger partial charge >= 0.3 is 0 Å². The lowest BCUT2D eigenvalue weighted by Crippen LogP contribution is -2.51. The first kappa shape index (κ1) is 22.4. The number of anilines is 1. The highest BCUT2D eigenvalue weighted by Gasteiger charge is 2.27. The van der Waals surface area contributed by atoms with Crippen LogP contribution in [0.4, 0.5) is 5.13 Å². The average molecular weight is 451 g/mol. The lowest BCUT2D eigenvalue weighted by Gasteiger charge is -2.36. The van der Waals surface area contributed by atoms with Crippen molar-refractivity contribution < 1.29 is 9.53 Å². The van der Waals surface area contributed by atoms with Gasteiger partial charge in [0.05, 0.1) is 18.8 Å². The van der Waals surface area contributed by atoms with Crippen molar-refractivity contribution in [2.24, 2.45) is 0 Å².